The Morgan fingerprint density at radius 3 is 2.82 bits per heavy atom. The molecule has 1 fully saturated rings. The molecule has 96 valence electrons. The van der Waals surface area contributed by atoms with Gasteiger partial charge in [0.05, 0.1) is 25.0 Å². The molecule has 0 bridgehead atoms. The molecule has 17 heavy (non-hydrogen) atoms. The molecule has 2 rings (SSSR count). The number of esters is 1. The number of fused-ring (bicyclic) bond motifs is 1. The van der Waals surface area contributed by atoms with Gasteiger partial charge in [-0.15, -0.1) is 0 Å². The van der Waals surface area contributed by atoms with Crippen molar-refractivity contribution in [1.82, 2.24) is 0 Å². The molecule has 5 nitrogen and oxygen atoms in total. The van der Waals surface area contributed by atoms with Crippen molar-refractivity contribution in [1.29, 1.82) is 0 Å². The molecule has 1 N–H and O–H groups in total. The molecule has 0 amide bonds. The fourth-order valence-corrected chi connectivity index (χ4v) is 2.81. The van der Waals surface area contributed by atoms with Crippen molar-refractivity contribution in [2.24, 2.45) is 11.8 Å². The van der Waals surface area contributed by atoms with Crippen LogP contribution in [0.3, 0.4) is 0 Å². The zero-order valence-corrected chi connectivity index (χ0v) is 10.3. The van der Waals surface area contributed by atoms with Gasteiger partial charge in [-0.3, -0.25) is 0 Å². The number of rotatable bonds is 1. The minimum atomic E-state index is -0.829. The van der Waals surface area contributed by atoms with Crippen molar-refractivity contribution in [3.05, 3.63) is 11.8 Å². The van der Waals surface area contributed by atoms with Crippen LogP contribution >= 0.6 is 0 Å². The van der Waals surface area contributed by atoms with Crippen LogP contribution in [-0.2, 0) is 19.0 Å². The van der Waals surface area contributed by atoms with Crippen molar-refractivity contribution in [3.63, 3.8) is 0 Å². The van der Waals surface area contributed by atoms with Crippen LogP contribution < -0.4 is 0 Å². The standard InChI is InChI=1S/C12H18O5/c1-6-11-7(2)17-10(13)4-8(11)9(5-16-6)12(14)15-3/h5-8,10-11,13H,4H2,1-3H3/t6-,7-,8?,10?,11?/m0/s1. The quantitative estimate of drug-likeness (QED) is 0.690. The zero-order valence-electron chi connectivity index (χ0n) is 10.3. The number of hydrogen-bond donors (Lipinski definition) is 1. The molecular weight excluding hydrogens is 224 g/mol. The van der Waals surface area contributed by atoms with Crippen LogP contribution in [0.25, 0.3) is 0 Å². The highest BCUT2D eigenvalue weighted by molar-refractivity contribution is 5.88. The summed E-state index contributed by atoms with van der Waals surface area (Å²) in [6.07, 6.45) is 0.860. The number of carbonyl (C=O) groups excluding carboxylic acids is 1. The first-order chi connectivity index (χ1) is 8.04. The maximum absolute atomic E-state index is 11.6. The van der Waals surface area contributed by atoms with E-state index in [9.17, 15) is 9.90 Å². The third-order valence-corrected chi connectivity index (χ3v) is 3.61. The molecule has 0 radical (unpaired) electrons. The van der Waals surface area contributed by atoms with E-state index >= 15 is 0 Å². The van der Waals surface area contributed by atoms with E-state index in [1.165, 1.54) is 13.4 Å². The smallest absolute Gasteiger partial charge is 0.337 e. The van der Waals surface area contributed by atoms with Crippen molar-refractivity contribution in [2.45, 2.75) is 38.8 Å². The average molecular weight is 242 g/mol. The first-order valence-electron chi connectivity index (χ1n) is 5.82. The third-order valence-electron chi connectivity index (χ3n) is 3.61. The van der Waals surface area contributed by atoms with Crippen molar-refractivity contribution in [2.75, 3.05) is 7.11 Å². The predicted molar refractivity (Wildman–Crippen MR) is 58.8 cm³/mol. The second-order valence-electron chi connectivity index (χ2n) is 4.62. The van der Waals surface area contributed by atoms with E-state index in [0.717, 1.165) is 0 Å². The normalized spacial score (nSPS) is 40.9. The average Bonchev–Trinajstić information content (AvgIpc) is 2.27. The molecule has 2 heterocycles. The highest BCUT2D eigenvalue weighted by Gasteiger charge is 2.45. The Morgan fingerprint density at radius 2 is 2.18 bits per heavy atom. The van der Waals surface area contributed by atoms with Crippen molar-refractivity contribution < 1.29 is 24.1 Å². The third kappa shape index (κ3) is 2.17. The number of carbonyl (C=O) groups is 1. The Hall–Kier alpha value is -1.07. The van der Waals surface area contributed by atoms with Gasteiger partial charge < -0.3 is 19.3 Å². The monoisotopic (exact) mass is 242 g/mol. The summed E-state index contributed by atoms with van der Waals surface area (Å²) < 4.78 is 15.6. The molecule has 0 spiro atoms. The molecule has 2 aliphatic rings. The molecule has 0 aromatic rings. The van der Waals surface area contributed by atoms with Crippen LogP contribution in [0.2, 0.25) is 0 Å². The minimum Gasteiger partial charge on any atom is -0.497 e. The summed E-state index contributed by atoms with van der Waals surface area (Å²) >= 11 is 0. The molecule has 1 saturated heterocycles. The zero-order chi connectivity index (χ0) is 12.6. The van der Waals surface area contributed by atoms with E-state index in [1.54, 1.807) is 0 Å². The lowest BCUT2D eigenvalue weighted by molar-refractivity contribution is -0.209. The lowest BCUT2D eigenvalue weighted by Crippen LogP contribution is -2.48. The second-order valence-corrected chi connectivity index (χ2v) is 4.62. The van der Waals surface area contributed by atoms with E-state index in [4.69, 9.17) is 14.2 Å². The Kier molecular flexibility index (Phi) is 3.40. The fraction of sp³-hybridized carbons (Fsp3) is 0.750. The van der Waals surface area contributed by atoms with E-state index in [2.05, 4.69) is 0 Å². The molecule has 0 saturated carbocycles. The minimum absolute atomic E-state index is 0.0316. The summed E-state index contributed by atoms with van der Waals surface area (Å²) in [7, 11) is 1.34. The maximum atomic E-state index is 11.6. The maximum Gasteiger partial charge on any atom is 0.337 e. The van der Waals surface area contributed by atoms with E-state index in [1.807, 2.05) is 13.8 Å². The van der Waals surface area contributed by atoms with Gasteiger partial charge >= 0.3 is 5.97 Å². The van der Waals surface area contributed by atoms with Crippen LogP contribution in [0, 0.1) is 11.8 Å². The van der Waals surface area contributed by atoms with E-state index in [0.29, 0.717) is 12.0 Å². The lowest BCUT2D eigenvalue weighted by atomic mass is 9.75. The number of ether oxygens (including phenoxy) is 3. The van der Waals surface area contributed by atoms with Gasteiger partial charge in [0.2, 0.25) is 0 Å². The summed E-state index contributed by atoms with van der Waals surface area (Å²) in [5.41, 5.74) is 0.491. The van der Waals surface area contributed by atoms with Crippen LogP contribution in [0.4, 0.5) is 0 Å². The van der Waals surface area contributed by atoms with E-state index in [-0.39, 0.29) is 24.0 Å². The Balaban J connectivity index is 2.28. The van der Waals surface area contributed by atoms with E-state index < -0.39 is 12.3 Å². The number of methoxy groups -OCH3 is 1. The molecule has 0 aliphatic carbocycles. The molecule has 5 heteroatoms. The SMILES string of the molecule is COC(=O)C1=CO[C@@H](C)C2C1CC(O)O[C@H]2C. The van der Waals surface area contributed by atoms with Crippen LogP contribution in [0.1, 0.15) is 20.3 Å². The lowest BCUT2D eigenvalue weighted by Gasteiger charge is -2.44. The number of aliphatic hydroxyl groups excluding tert-OH is 1. The van der Waals surface area contributed by atoms with Gasteiger partial charge in [0.15, 0.2) is 6.29 Å². The predicted octanol–water partition coefficient (Wildman–Crippen LogP) is 0.822. The number of aliphatic hydroxyl groups is 1. The van der Waals surface area contributed by atoms with Crippen LogP contribution in [0.5, 0.6) is 0 Å². The molecule has 5 atom stereocenters. The molecule has 0 aromatic heterocycles. The van der Waals surface area contributed by atoms with Crippen molar-refractivity contribution >= 4 is 5.97 Å². The summed E-state index contributed by atoms with van der Waals surface area (Å²) in [6, 6.07) is 0. The Morgan fingerprint density at radius 1 is 1.47 bits per heavy atom. The van der Waals surface area contributed by atoms with Gasteiger partial charge in [-0.2, -0.15) is 0 Å². The van der Waals surface area contributed by atoms with Crippen LogP contribution in [-0.4, -0.2) is 36.7 Å². The highest BCUT2D eigenvalue weighted by Crippen LogP contribution is 2.41. The van der Waals surface area contributed by atoms with Crippen molar-refractivity contribution in [3.8, 4) is 0 Å². The summed E-state index contributed by atoms with van der Waals surface area (Å²) in [6.45, 7) is 3.83. The first kappa shape index (κ1) is 12.4. The topological polar surface area (TPSA) is 65.0 Å². The Labute approximate surface area is 100 Å². The van der Waals surface area contributed by atoms with Gasteiger partial charge in [0.1, 0.15) is 6.10 Å². The fourth-order valence-electron chi connectivity index (χ4n) is 2.81. The number of hydrogen-bond acceptors (Lipinski definition) is 5. The summed E-state index contributed by atoms with van der Waals surface area (Å²) in [5.74, 6) is -0.393. The van der Waals surface area contributed by atoms with Crippen LogP contribution in [0.15, 0.2) is 11.8 Å². The van der Waals surface area contributed by atoms with Gasteiger partial charge in [0.25, 0.3) is 0 Å². The molecule has 3 unspecified atom stereocenters. The highest BCUT2D eigenvalue weighted by atomic mass is 16.6. The second kappa shape index (κ2) is 4.66. The summed E-state index contributed by atoms with van der Waals surface area (Å²) in [4.78, 5) is 11.6. The van der Waals surface area contributed by atoms with Gasteiger partial charge in [-0.1, -0.05) is 0 Å². The molecular formula is C12H18O5. The van der Waals surface area contributed by atoms with Gasteiger partial charge in [-0.25, -0.2) is 4.79 Å². The summed E-state index contributed by atoms with van der Waals surface area (Å²) in [5, 5.41) is 9.63. The van der Waals surface area contributed by atoms with Gasteiger partial charge in [-0.05, 0) is 13.8 Å². The first-order valence-corrected chi connectivity index (χ1v) is 5.82. The molecule has 0 aromatic carbocycles. The largest absolute Gasteiger partial charge is 0.497 e. The van der Waals surface area contributed by atoms with Gasteiger partial charge in [0, 0.05) is 18.3 Å². The Bertz CT molecular complexity index is 338. The molecule has 2 aliphatic heterocycles.